The summed E-state index contributed by atoms with van der Waals surface area (Å²) >= 11 is 6.14. The summed E-state index contributed by atoms with van der Waals surface area (Å²) in [7, 11) is -4.12. The summed E-state index contributed by atoms with van der Waals surface area (Å²) in [6, 6.07) is 19.5. The number of rotatable bonds is 10. The molecule has 0 saturated heterocycles. The number of sulfonamides is 1. The Bertz CT molecular complexity index is 1380. The Hall–Kier alpha value is -3.36. The van der Waals surface area contributed by atoms with Crippen molar-refractivity contribution >= 4 is 39.1 Å². The first kappa shape index (κ1) is 29.2. The van der Waals surface area contributed by atoms with E-state index in [0.29, 0.717) is 16.3 Å². The van der Waals surface area contributed by atoms with Crippen molar-refractivity contribution in [2.75, 3.05) is 10.8 Å². The molecule has 3 rings (SSSR count). The summed E-state index contributed by atoms with van der Waals surface area (Å²) in [6.45, 7) is 8.68. The molecule has 202 valence electrons. The molecule has 0 aliphatic heterocycles. The second-order valence-electron chi connectivity index (χ2n) is 9.60. The Morgan fingerprint density at radius 2 is 1.55 bits per heavy atom. The van der Waals surface area contributed by atoms with E-state index in [-0.39, 0.29) is 23.4 Å². The highest BCUT2D eigenvalue weighted by atomic mass is 35.5. The Kier molecular flexibility index (Phi) is 9.57. The predicted octanol–water partition coefficient (Wildman–Crippen LogP) is 5.09. The molecule has 0 spiro atoms. The molecule has 38 heavy (non-hydrogen) atoms. The molecule has 0 aromatic heterocycles. The zero-order valence-corrected chi connectivity index (χ0v) is 23.9. The molecule has 1 atom stereocenters. The van der Waals surface area contributed by atoms with Crippen molar-refractivity contribution in [1.82, 2.24) is 10.2 Å². The highest BCUT2D eigenvalue weighted by Gasteiger charge is 2.33. The molecule has 0 heterocycles. The van der Waals surface area contributed by atoms with Crippen molar-refractivity contribution < 1.29 is 18.0 Å². The van der Waals surface area contributed by atoms with Crippen LogP contribution in [0, 0.1) is 13.8 Å². The van der Waals surface area contributed by atoms with Crippen LogP contribution in [-0.2, 0) is 26.2 Å². The van der Waals surface area contributed by atoms with Gasteiger partial charge in [0.1, 0.15) is 12.6 Å². The molecular formula is C29H34ClN3O4S. The van der Waals surface area contributed by atoms with E-state index in [1.807, 2.05) is 45.0 Å². The molecule has 0 bridgehead atoms. The molecule has 9 heteroatoms. The van der Waals surface area contributed by atoms with Crippen LogP contribution in [0.4, 0.5) is 5.69 Å². The summed E-state index contributed by atoms with van der Waals surface area (Å²) < 4.78 is 28.7. The van der Waals surface area contributed by atoms with Crippen molar-refractivity contribution in [3.63, 3.8) is 0 Å². The molecular weight excluding hydrogens is 522 g/mol. The first-order valence-electron chi connectivity index (χ1n) is 12.4. The second kappa shape index (κ2) is 12.5. The van der Waals surface area contributed by atoms with E-state index in [1.165, 1.54) is 17.0 Å². The summed E-state index contributed by atoms with van der Waals surface area (Å²) in [5.74, 6) is -0.827. The number of carbonyl (C=O) groups is 2. The van der Waals surface area contributed by atoms with Gasteiger partial charge < -0.3 is 10.2 Å². The lowest BCUT2D eigenvalue weighted by atomic mass is 10.1. The van der Waals surface area contributed by atoms with Crippen LogP contribution >= 0.6 is 11.6 Å². The van der Waals surface area contributed by atoms with Crippen LogP contribution in [0.25, 0.3) is 0 Å². The van der Waals surface area contributed by atoms with E-state index in [9.17, 15) is 18.0 Å². The van der Waals surface area contributed by atoms with Crippen LogP contribution in [0.5, 0.6) is 0 Å². The predicted molar refractivity (Wildman–Crippen MR) is 152 cm³/mol. The Labute approximate surface area is 230 Å². The zero-order chi connectivity index (χ0) is 28.0. The normalized spacial score (nSPS) is 12.2. The molecule has 7 nitrogen and oxygen atoms in total. The number of nitrogens with one attached hydrogen (secondary N) is 1. The number of aryl methyl sites for hydroxylation is 2. The lowest BCUT2D eigenvalue weighted by Gasteiger charge is -2.32. The van der Waals surface area contributed by atoms with E-state index in [0.717, 1.165) is 15.4 Å². The average Bonchev–Trinajstić information content (AvgIpc) is 2.87. The van der Waals surface area contributed by atoms with Gasteiger partial charge in [0.05, 0.1) is 10.6 Å². The highest BCUT2D eigenvalue weighted by Crippen LogP contribution is 2.29. The average molecular weight is 556 g/mol. The van der Waals surface area contributed by atoms with Gasteiger partial charge >= 0.3 is 0 Å². The molecule has 0 aliphatic rings. The Morgan fingerprint density at radius 3 is 2.13 bits per heavy atom. The maximum Gasteiger partial charge on any atom is 0.264 e. The van der Waals surface area contributed by atoms with Crippen LogP contribution in [-0.4, -0.2) is 43.8 Å². The monoisotopic (exact) mass is 555 g/mol. The molecule has 1 N–H and O–H groups in total. The molecule has 0 unspecified atom stereocenters. The molecule has 0 radical (unpaired) electrons. The minimum Gasteiger partial charge on any atom is -0.352 e. The number of benzene rings is 3. The SMILES string of the molecule is Cc1ccc(CN(C(=O)CN(c2ccc(Cl)cc2C)S(=O)(=O)c2ccccc2)[C@@H](C)C(=O)NC(C)C)cc1. The third-order valence-electron chi connectivity index (χ3n) is 6.11. The number of amides is 2. The zero-order valence-electron chi connectivity index (χ0n) is 22.3. The molecule has 0 saturated carbocycles. The summed E-state index contributed by atoms with van der Waals surface area (Å²) in [5.41, 5.74) is 2.82. The van der Waals surface area contributed by atoms with Gasteiger partial charge in [-0.1, -0.05) is 59.6 Å². The van der Waals surface area contributed by atoms with Gasteiger partial charge in [-0.25, -0.2) is 8.42 Å². The van der Waals surface area contributed by atoms with E-state index < -0.39 is 28.5 Å². The minimum atomic E-state index is -4.12. The smallest absolute Gasteiger partial charge is 0.264 e. The van der Waals surface area contributed by atoms with Gasteiger partial charge in [0.15, 0.2) is 0 Å². The van der Waals surface area contributed by atoms with Crippen LogP contribution in [0.15, 0.2) is 77.7 Å². The van der Waals surface area contributed by atoms with Crippen molar-refractivity contribution in [1.29, 1.82) is 0 Å². The van der Waals surface area contributed by atoms with Gasteiger partial charge in [0.25, 0.3) is 10.0 Å². The Balaban J connectivity index is 2.05. The largest absolute Gasteiger partial charge is 0.352 e. The van der Waals surface area contributed by atoms with Crippen LogP contribution in [0.2, 0.25) is 5.02 Å². The number of anilines is 1. The fraction of sp³-hybridized carbons (Fsp3) is 0.310. The van der Waals surface area contributed by atoms with Crippen LogP contribution in [0.3, 0.4) is 0 Å². The lowest BCUT2D eigenvalue weighted by Crippen LogP contribution is -2.52. The number of halogens is 1. The van der Waals surface area contributed by atoms with Crippen molar-refractivity contribution in [3.05, 3.63) is 94.5 Å². The van der Waals surface area contributed by atoms with E-state index in [2.05, 4.69) is 5.32 Å². The van der Waals surface area contributed by atoms with Gasteiger partial charge in [-0.2, -0.15) is 0 Å². The highest BCUT2D eigenvalue weighted by molar-refractivity contribution is 7.92. The van der Waals surface area contributed by atoms with Crippen LogP contribution in [0.1, 0.15) is 37.5 Å². The first-order chi connectivity index (χ1) is 17.9. The third kappa shape index (κ3) is 7.14. The number of nitrogens with zero attached hydrogens (tertiary/aromatic N) is 2. The minimum absolute atomic E-state index is 0.0535. The fourth-order valence-corrected chi connectivity index (χ4v) is 5.74. The lowest BCUT2D eigenvalue weighted by molar-refractivity contribution is -0.139. The second-order valence-corrected chi connectivity index (χ2v) is 11.9. The maximum atomic E-state index is 13.9. The molecule has 0 aliphatic carbocycles. The summed E-state index contributed by atoms with van der Waals surface area (Å²) in [5, 5.41) is 3.30. The molecule has 2 amide bonds. The first-order valence-corrected chi connectivity index (χ1v) is 14.2. The standard InChI is InChI=1S/C29H34ClN3O4S/c1-20(2)31-29(35)23(5)32(18-24-13-11-21(3)12-14-24)28(34)19-33(27-16-15-25(30)17-22(27)4)38(36,37)26-9-7-6-8-10-26/h6-17,20,23H,18-19H2,1-5H3,(H,31,35)/t23-/m0/s1. The maximum absolute atomic E-state index is 13.9. The van der Waals surface area contributed by atoms with Crippen molar-refractivity contribution in [2.45, 2.75) is 58.1 Å². The topological polar surface area (TPSA) is 86.8 Å². The number of hydrogen-bond donors (Lipinski definition) is 1. The Morgan fingerprint density at radius 1 is 0.921 bits per heavy atom. The van der Waals surface area contributed by atoms with Crippen molar-refractivity contribution in [3.8, 4) is 0 Å². The van der Waals surface area contributed by atoms with E-state index in [4.69, 9.17) is 11.6 Å². The summed E-state index contributed by atoms with van der Waals surface area (Å²) in [6.07, 6.45) is 0. The quantitative estimate of drug-likeness (QED) is 0.377. The molecule has 3 aromatic carbocycles. The molecule has 3 aromatic rings. The summed E-state index contributed by atoms with van der Waals surface area (Å²) in [4.78, 5) is 28.3. The van der Waals surface area contributed by atoms with Gasteiger partial charge in [-0.15, -0.1) is 0 Å². The van der Waals surface area contributed by atoms with E-state index >= 15 is 0 Å². The van der Waals surface area contributed by atoms with Gasteiger partial charge in [-0.05, 0) is 76.1 Å². The molecule has 0 fully saturated rings. The van der Waals surface area contributed by atoms with Crippen LogP contribution < -0.4 is 9.62 Å². The van der Waals surface area contributed by atoms with Gasteiger partial charge in [0.2, 0.25) is 11.8 Å². The fourth-order valence-electron chi connectivity index (χ4n) is 4.01. The number of hydrogen-bond acceptors (Lipinski definition) is 4. The van der Waals surface area contributed by atoms with Gasteiger partial charge in [0, 0.05) is 17.6 Å². The van der Waals surface area contributed by atoms with Gasteiger partial charge in [-0.3, -0.25) is 13.9 Å². The number of carbonyl (C=O) groups excluding carboxylic acids is 2. The van der Waals surface area contributed by atoms with E-state index in [1.54, 1.807) is 50.2 Å². The third-order valence-corrected chi connectivity index (χ3v) is 8.12. The van der Waals surface area contributed by atoms with Crippen molar-refractivity contribution in [2.24, 2.45) is 0 Å².